The van der Waals surface area contributed by atoms with Gasteiger partial charge in [0.25, 0.3) is 0 Å². The SMILES string of the molecule is COc1ccc([C@H](CC(=O)NC[C@H]2CCCO2)Sc2n[nH]c(-c3ccc(Cl)cc3)n2)cc1. The third-order valence-corrected chi connectivity index (χ3v) is 6.61. The van der Waals surface area contributed by atoms with Gasteiger partial charge in [0.05, 0.1) is 13.2 Å². The van der Waals surface area contributed by atoms with Crippen LogP contribution in [0.3, 0.4) is 0 Å². The molecule has 0 unspecified atom stereocenters. The molecule has 0 radical (unpaired) electrons. The summed E-state index contributed by atoms with van der Waals surface area (Å²) in [6.45, 7) is 1.31. The lowest BCUT2D eigenvalue weighted by Gasteiger charge is -2.17. The van der Waals surface area contributed by atoms with Crippen molar-refractivity contribution in [2.45, 2.75) is 35.8 Å². The van der Waals surface area contributed by atoms with E-state index in [1.54, 1.807) is 7.11 Å². The van der Waals surface area contributed by atoms with E-state index in [9.17, 15) is 4.79 Å². The number of hydrogen-bond donors (Lipinski definition) is 2. The molecule has 2 N–H and O–H groups in total. The van der Waals surface area contributed by atoms with E-state index >= 15 is 0 Å². The lowest BCUT2D eigenvalue weighted by molar-refractivity contribution is -0.121. The van der Waals surface area contributed by atoms with Crippen molar-refractivity contribution in [3.8, 4) is 17.1 Å². The lowest BCUT2D eigenvalue weighted by atomic mass is 10.1. The Morgan fingerprint density at radius 2 is 2.06 bits per heavy atom. The lowest BCUT2D eigenvalue weighted by Crippen LogP contribution is -2.32. The summed E-state index contributed by atoms with van der Waals surface area (Å²) in [5.41, 5.74) is 1.89. The van der Waals surface area contributed by atoms with Gasteiger partial charge < -0.3 is 14.8 Å². The van der Waals surface area contributed by atoms with Crippen LogP contribution in [0.1, 0.15) is 30.1 Å². The first kappa shape index (κ1) is 22.6. The third-order valence-electron chi connectivity index (χ3n) is 5.24. The van der Waals surface area contributed by atoms with Crippen LogP contribution in [-0.2, 0) is 9.53 Å². The smallest absolute Gasteiger partial charge is 0.221 e. The molecule has 32 heavy (non-hydrogen) atoms. The summed E-state index contributed by atoms with van der Waals surface area (Å²) in [6, 6.07) is 15.1. The normalized spacial score (nSPS) is 16.6. The van der Waals surface area contributed by atoms with E-state index in [-0.39, 0.29) is 17.3 Å². The number of aromatic nitrogens is 3. The number of nitrogens with zero attached hydrogens (tertiary/aromatic N) is 2. The molecule has 1 fully saturated rings. The highest BCUT2D eigenvalue weighted by molar-refractivity contribution is 7.99. The number of ether oxygens (including phenoxy) is 2. The molecule has 2 heterocycles. The number of hydrogen-bond acceptors (Lipinski definition) is 6. The minimum absolute atomic E-state index is 0.0257. The van der Waals surface area contributed by atoms with Crippen LogP contribution in [-0.4, -0.2) is 47.5 Å². The Bertz CT molecular complexity index is 1020. The van der Waals surface area contributed by atoms with Crippen LogP contribution in [0.4, 0.5) is 0 Å². The molecule has 0 spiro atoms. The molecule has 7 nitrogen and oxygen atoms in total. The summed E-state index contributed by atoms with van der Waals surface area (Å²) in [5.74, 6) is 1.39. The molecule has 0 bridgehead atoms. The molecule has 168 valence electrons. The summed E-state index contributed by atoms with van der Waals surface area (Å²) in [4.78, 5) is 17.3. The molecule has 1 amide bonds. The fourth-order valence-electron chi connectivity index (χ4n) is 3.48. The molecule has 1 aliphatic heterocycles. The van der Waals surface area contributed by atoms with Gasteiger partial charge in [0, 0.05) is 35.4 Å². The number of halogens is 1. The highest BCUT2D eigenvalue weighted by Gasteiger charge is 2.22. The monoisotopic (exact) mass is 472 g/mol. The Morgan fingerprint density at radius 3 is 2.75 bits per heavy atom. The molecular formula is C23H25ClN4O3S. The van der Waals surface area contributed by atoms with Gasteiger partial charge >= 0.3 is 0 Å². The van der Waals surface area contributed by atoms with Crippen LogP contribution in [0.25, 0.3) is 11.4 Å². The second-order valence-electron chi connectivity index (χ2n) is 7.50. The summed E-state index contributed by atoms with van der Waals surface area (Å²) >= 11 is 7.42. The van der Waals surface area contributed by atoms with E-state index in [4.69, 9.17) is 21.1 Å². The molecule has 0 saturated carbocycles. The van der Waals surface area contributed by atoms with Gasteiger partial charge in [-0.15, -0.1) is 5.10 Å². The molecule has 1 saturated heterocycles. The van der Waals surface area contributed by atoms with Crippen molar-refractivity contribution >= 4 is 29.3 Å². The summed E-state index contributed by atoms with van der Waals surface area (Å²) < 4.78 is 10.9. The zero-order chi connectivity index (χ0) is 22.3. The van der Waals surface area contributed by atoms with Gasteiger partial charge in [-0.3, -0.25) is 9.89 Å². The van der Waals surface area contributed by atoms with Crippen molar-refractivity contribution in [2.75, 3.05) is 20.3 Å². The van der Waals surface area contributed by atoms with Crippen molar-refractivity contribution in [3.05, 3.63) is 59.1 Å². The van der Waals surface area contributed by atoms with Crippen molar-refractivity contribution in [3.63, 3.8) is 0 Å². The first-order chi connectivity index (χ1) is 15.6. The number of nitrogens with one attached hydrogen (secondary N) is 2. The fourth-order valence-corrected chi connectivity index (χ4v) is 4.63. The molecule has 2 atom stereocenters. The van der Waals surface area contributed by atoms with Crippen molar-refractivity contribution in [1.82, 2.24) is 20.5 Å². The second-order valence-corrected chi connectivity index (χ2v) is 9.10. The standard InChI is InChI=1S/C23H25ClN4O3S/c1-30-18-10-6-15(7-11-18)20(13-21(29)25-14-19-3-2-12-31-19)32-23-26-22(27-28-23)16-4-8-17(24)9-5-16/h4-11,19-20H,2-3,12-14H2,1H3,(H,25,29)(H,26,27,28)/t19-,20+/m1/s1. The first-order valence-electron chi connectivity index (χ1n) is 10.5. The van der Waals surface area contributed by atoms with Crippen LogP contribution < -0.4 is 10.1 Å². The predicted octanol–water partition coefficient (Wildman–Crippen LogP) is 4.65. The highest BCUT2D eigenvalue weighted by Crippen LogP contribution is 2.37. The Kier molecular flexibility index (Phi) is 7.68. The van der Waals surface area contributed by atoms with Gasteiger partial charge in [-0.2, -0.15) is 0 Å². The molecule has 2 aromatic carbocycles. The van der Waals surface area contributed by atoms with E-state index in [0.717, 1.165) is 36.3 Å². The van der Waals surface area contributed by atoms with E-state index < -0.39 is 0 Å². The van der Waals surface area contributed by atoms with Gasteiger partial charge in [0.1, 0.15) is 5.75 Å². The molecule has 9 heteroatoms. The number of amides is 1. The number of H-pyrrole nitrogens is 1. The first-order valence-corrected chi connectivity index (χ1v) is 11.7. The average molecular weight is 473 g/mol. The van der Waals surface area contributed by atoms with Crippen molar-refractivity contribution in [1.29, 1.82) is 0 Å². The largest absolute Gasteiger partial charge is 0.497 e. The molecule has 1 aromatic heterocycles. The van der Waals surface area contributed by atoms with Crippen LogP contribution in [0.5, 0.6) is 5.75 Å². The fraction of sp³-hybridized carbons (Fsp3) is 0.348. The summed E-state index contributed by atoms with van der Waals surface area (Å²) in [7, 11) is 1.63. The molecule has 1 aliphatic rings. The predicted molar refractivity (Wildman–Crippen MR) is 125 cm³/mol. The Morgan fingerprint density at radius 1 is 1.28 bits per heavy atom. The van der Waals surface area contributed by atoms with E-state index in [0.29, 0.717) is 29.0 Å². The number of rotatable bonds is 9. The number of methoxy groups -OCH3 is 1. The zero-order valence-electron chi connectivity index (χ0n) is 17.7. The third kappa shape index (κ3) is 6.03. The number of carbonyl (C=O) groups is 1. The second kappa shape index (κ2) is 10.8. The topological polar surface area (TPSA) is 89.1 Å². The van der Waals surface area contributed by atoms with Crippen LogP contribution >= 0.6 is 23.4 Å². The van der Waals surface area contributed by atoms with E-state index in [1.165, 1.54) is 11.8 Å². The number of carbonyl (C=O) groups excluding carboxylic acids is 1. The summed E-state index contributed by atoms with van der Waals surface area (Å²) in [5, 5.41) is 11.4. The van der Waals surface area contributed by atoms with Crippen LogP contribution in [0.15, 0.2) is 53.7 Å². The number of aromatic amines is 1. The van der Waals surface area contributed by atoms with Crippen molar-refractivity contribution in [2.24, 2.45) is 0 Å². The Balaban J connectivity index is 1.46. The minimum atomic E-state index is -0.153. The Labute approximate surface area is 196 Å². The maximum atomic E-state index is 12.7. The van der Waals surface area contributed by atoms with Crippen LogP contribution in [0.2, 0.25) is 5.02 Å². The van der Waals surface area contributed by atoms with Crippen molar-refractivity contribution < 1.29 is 14.3 Å². The molecule has 0 aliphatic carbocycles. The zero-order valence-corrected chi connectivity index (χ0v) is 19.3. The molecule has 4 rings (SSSR count). The number of thioether (sulfide) groups is 1. The van der Waals surface area contributed by atoms with Gasteiger partial charge in [0.2, 0.25) is 11.1 Å². The quantitative estimate of drug-likeness (QED) is 0.440. The number of benzene rings is 2. The maximum Gasteiger partial charge on any atom is 0.221 e. The molecular weight excluding hydrogens is 448 g/mol. The molecule has 3 aromatic rings. The maximum absolute atomic E-state index is 12.7. The van der Waals surface area contributed by atoms with Gasteiger partial charge in [-0.05, 0) is 54.8 Å². The van der Waals surface area contributed by atoms with E-state index in [2.05, 4.69) is 20.5 Å². The van der Waals surface area contributed by atoms with Crippen LogP contribution in [0, 0.1) is 0 Å². The van der Waals surface area contributed by atoms with E-state index in [1.807, 2.05) is 48.5 Å². The highest BCUT2D eigenvalue weighted by atomic mass is 35.5. The van der Waals surface area contributed by atoms with Gasteiger partial charge in [-0.25, -0.2) is 4.98 Å². The van der Waals surface area contributed by atoms with Gasteiger partial charge in [-0.1, -0.05) is 35.5 Å². The summed E-state index contributed by atoms with van der Waals surface area (Å²) in [6.07, 6.45) is 2.45. The Hall–Kier alpha value is -2.55. The minimum Gasteiger partial charge on any atom is -0.497 e. The van der Waals surface area contributed by atoms with Gasteiger partial charge in [0.15, 0.2) is 5.82 Å². The average Bonchev–Trinajstić information content (AvgIpc) is 3.50.